The third kappa shape index (κ3) is 9.60. The van der Waals surface area contributed by atoms with Crippen molar-refractivity contribution in [1.82, 2.24) is 10.4 Å². The van der Waals surface area contributed by atoms with Gasteiger partial charge in [-0.15, -0.1) is 0 Å². The van der Waals surface area contributed by atoms with Gasteiger partial charge in [-0.1, -0.05) is 48.6 Å². The van der Waals surface area contributed by atoms with Crippen molar-refractivity contribution in [3.05, 3.63) is 111 Å². The van der Waals surface area contributed by atoms with E-state index in [2.05, 4.69) is 10.3 Å². The average Bonchev–Trinajstić information content (AvgIpc) is 3.88. The summed E-state index contributed by atoms with van der Waals surface area (Å²) in [5.41, 5.74) is 2.15. The number of phenols is 1. The molecule has 67 heavy (non-hydrogen) atoms. The first-order valence-electron chi connectivity index (χ1n) is 22.0. The van der Waals surface area contributed by atoms with Crippen molar-refractivity contribution < 1.29 is 73.9 Å². The number of carboxylic acids is 1. The molecule has 1 saturated carbocycles. The third-order valence-electron chi connectivity index (χ3n) is 12.5. The smallest absolute Gasteiger partial charge is 0.327 e. The van der Waals surface area contributed by atoms with Crippen LogP contribution in [0.5, 0.6) is 11.5 Å². The number of fused-ring (bicyclic) bond motifs is 2. The number of carbonyl (C=O) groups is 2. The van der Waals surface area contributed by atoms with E-state index in [1.165, 1.54) is 41.7 Å². The lowest BCUT2D eigenvalue weighted by atomic mass is 9.88. The highest BCUT2D eigenvalue weighted by atomic mass is 16.8. The van der Waals surface area contributed by atoms with Gasteiger partial charge in [-0.2, -0.15) is 0 Å². The summed E-state index contributed by atoms with van der Waals surface area (Å²) in [5.74, 6) is -9.52. The number of esters is 1. The number of hydroxylamine groups is 2. The van der Waals surface area contributed by atoms with Crippen LogP contribution in [0.4, 0.5) is 0 Å². The number of nitrogens with zero attached hydrogens (tertiary/aromatic N) is 2. The van der Waals surface area contributed by atoms with Gasteiger partial charge in [0.05, 0.1) is 28.9 Å². The molecule has 8 rings (SSSR count). The van der Waals surface area contributed by atoms with Crippen molar-refractivity contribution in [2.75, 3.05) is 19.8 Å². The maximum atomic E-state index is 13.9. The summed E-state index contributed by atoms with van der Waals surface area (Å²) < 4.78 is 23.6. The number of allylic oxidation sites excluding steroid dienone is 1. The molecular formula is C48H53N3O16. The molecule has 8 atom stereocenters. The summed E-state index contributed by atoms with van der Waals surface area (Å²) in [7, 11) is 0. The van der Waals surface area contributed by atoms with E-state index >= 15 is 0 Å². The number of nitrogens with one attached hydrogen (secondary N) is 1. The molecule has 19 heteroatoms. The Morgan fingerprint density at radius 1 is 0.955 bits per heavy atom. The number of benzene rings is 3. The zero-order valence-corrected chi connectivity index (χ0v) is 36.6. The standard InChI is InChI=1S/C48H53N3O16/c1-25-18-26(2)20-29(19-25)38-37-28(14-16-49-37)22-51(38)67-42-40(56)41(57)43(48(62,24-53)66-45(60)36(44(58)59)47(61,15-17-52)50-30-6-4-3-5-7-30)65-46(42)64-32-12-13-33-35(21-32)63-23-34(39(33)55)27-8-10-31(54)11-9-27/h8-14,16,18-21,23,30,36,40-43,46,50,52-54,56-57,61-62H,3-7,15,17,22,24H2,1-2H3,(H,58,59)/t36-,40+,41+,42-,43+,46-,47-,48+/m0/s1. The predicted octanol–water partition coefficient (Wildman–Crippen LogP) is 2.52. The van der Waals surface area contributed by atoms with Gasteiger partial charge in [-0.3, -0.25) is 29.5 Å². The number of phenolic OH excluding ortho intramolecular Hbond substituents is 1. The Balaban J connectivity index is 1.13. The van der Waals surface area contributed by atoms with E-state index in [9.17, 15) is 55.2 Å². The van der Waals surface area contributed by atoms with Gasteiger partial charge in [0.2, 0.25) is 6.29 Å². The highest BCUT2D eigenvalue weighted by Crippen LogP contribution is 2.41. The first-order valence-corrected chi connectivity index (χ1v) is 22.0. The Morgan fingerprint density at radius 3 is 2.34 bits per heavy atom. The van der Waals surface area contributed by atoms with Crippen LogP contribution in [0, 0.1) is 19.8 Å². The number of aromatic hydroxyl groups is 1. The zero-order valence-electron chi connectivity index (χ0n) is 36.6. The number of aliphatic imine (C=N–C) groups is 1. The number of aliphatic carboxylic acids is 1. The van der Waals surface area contributed by atoms with Crippen LogP contribution in [0.3, 0.4) is 0 Å². The molecule has 9 N–H and O–H groups in total. The molecule has 0 unspecified atom stereocenters. The van der Waals surface area contributed by atoms with E-state index in [1.54, 1.807) is 24.4 Å². The molecule has 4 aromatic rings. The van der Waals surface area contributed by atoms with E-state index < -0.39 is 91.2 Å². The summed E-state index contributed by atoms with van der Waals surface area (Å²) in [6.07, 6.45) is -2.65. The summed E-state index contributed by atoms with van der Waals surface area (Å²) in [5, 5.41) is 92.3. The lowest BCUT2D eigenvalue weighted by Crippen LogP contribution is -2.69. The van der Waals surface area contributed by atoms with Crippen molar-refractivity contribution in [3.8, 4) is 22.6 Å². The van der Waals surface area contributed by atoms with E-state index in [-0.39, 0.29) is 34.6 Å². The first-order chi connectivity index (χ1) is 32.0. The molecule has 0 radical (unpaired) electrons. The molecule has 1 aromatic heterocycles. The van der Waals surface area contributed by atoms with E-state index in [0.717, 1.165) is 36.0 Å². The number of aryl methyl sites for hydroxylation is 2. The highest BCUT2D eigenvalue weighted by Gasteiger charge is 2.59. The van der Waals surface area contributed by atoms with Gasteiger partial charge < -0.3 is 59.5 Å². The van der Waals surface area contributed by atoms with Crippen LogP contribution in [-0.4, -0.2) is 132 Å². The number of rotatable bonds is 16. The lowest BCUT2D eigenvalue weighted by molar-refractivity contribution is -0.372. The molecule has 4 heterocycles. The van der Waals surface area contributed by atoms with Crippen LogP contribution in [0.15, 0.2) is 98.5 Å². The van der Waals surface area contributed by atoms with Crippen molar-refractivity contribution >= 4 is 34.8 Å². The number of aliphatic hydroxyl groups excluding tert-OH is 4. The molecule has 3 aromatic carbocycles. The topological polar surface area (TPSA) is 291 Å². The number of carboxylic acid groups (broad SMARTS) is 1. The fourth-order valence-electron chi connectivity index (χ4n) is 9.24. The Kier molecular flexibility index (Phi) is 13.7. The second-order valence-corrected chi connectivity index (χ2v) is 17.4. The van der Waals surface area contributed by atoms with Crippen LogP contribution < -0.4 is 15.5 Å². The maximum Gasteiger partial charge on any atom is 0.327 e. The Labute approximate surface area is 383 Å². The third-order valence-corrected chi connectivity index (χ3v) is 12.5. The molecule has 3 aliphatic heterocycles. The van der Waals surface area contributed by atoms with Gasteiger partial charge >= 0.3 is 11.9 Å². The van der Waals surface area contributed by atoms with Crippen molar-refractivity contribution in [2.24, 2.45) is 10.9 Å². The molecule has 356 valence electrons. The average molecular weight is 928 g/mol. The largest absolute Gasteiger partial charge is 0.508 e. The van der Waals surface area contributed by atoms with Crippen molar-refractivity contribution in [1.29, 1.82) is 0 Å². The Hall–Kier alpha value is -6.00. The van der Waals surface area contributed by atoms with Crippen molar-refractivity contribution in [3.63, 3.8) is 0 Å². The molecule has 1 saturated heterocycles. The van der Waals surface area contributed by atoms with Crippen LogP contribution in [0.25, 0.3) is 27.8 Å². The fraction of sp³-hybridized carbons (Fsp3) is 0.417. The summed E-state index contributed by atoms with van der Waals surface area (Å²) >= 11 is 0. The van der Waals surface area contributed by atoms with Crippen LogP contribution in [-0.2, 0) is 23.9 Å². The van der Waals surface area contributed by atoms with E-state index in [0.29, 0.717) is 35.4 Å². The molecule has 0 bridgehead atoms. The summed E-state index contributed by atoms with van der Waals surface area (Å²) in [6.45, 7) is 1.67. The van der Waals surface area contributed by atoms with Gasteiger partial charge in [0, 0.05) is 42.5 Å². The second-order valence-electron chi connectivity index (χ2n) is 17.4. The summed E-state index contributed by atoms with van der Waals surface area (Å²) in [4.78, 5) is 51.3. The maximum absolute atomic E-state index is 13.9. The van der Waals surface area contributed by atoms with Crippen LogP contribution in [0.2, 0.25) is 0 Å². The predicted molar refractivity (Wildman–Crippen MR) is 238 cm³/mol. The van der Waals surface area contributed by atoms with Gasteiger partial charge in [0.25, 0.3) is 5.79 Å². The minimum Gasteiger partial charge on any atom is -0.508 e. The van der Waals surface area contributed by atoms with E-state index in [4.69, 9.17) is 23.5 Å². The summed E-state index contributed by atoms with van der Waals surface area (Å²) in [6, 6.07) is 15.5. The minimum absolute atomic E-state index is 0.00608. The Morgan fingerprint density at radius 2 is 1.67 bits per heavy atom. The van der Waals surface area contributed by atoms with Crippen LogP contribution >= 0.6 is 0 Å². The second kappa shape index (κ2) is 19.3. The fourth-order valence-corrected chi connectivity index (χ4v) is 9.24. The first kappa shape index (κ1) is 47.5. The zero-order chi connectivity index (χ0) is 47.8. The quantitative estimate of drug-likeness (QED) is 0.0443. The van der Waals surface area contributed by atoms with Gasteiger partial charge in [0.15, 0.2) is 23.6 Å². The molecule has 0 spiro atoms. The Bertz CT molecular complexity index is 2640. The van der Waals surface area contributed by atoms with E-state index in [1.807, 2.05) is 32.0 Å². The molecule has 2 fully saturated rings. The SMILES string of the molecule is Cc1cc(C)cc(C2=C3N=CC=C3CN2O[C@@H]2[C@@H](Oc3ccc4c(=O)c(-c5ccc(O)cc5)coc4c3)O[C@@H]([C@@](O)(CO)OC(=O)[C@H](C(=O)O)[C@@](O)(CCO)NC3CCCCC3)[C@H](O)[C@H]2O)c1. The number of hydrogen-bond acceptors (Lipinski definition) is 18. The van der Waals surface area contributed by atoms with Gasteiger partial charge in [0.1, 0.15) is 47.9 Å². The van der Waals surface area contributed by atoms with Gasteiger partial charge in [-0.05, 0) is 74.7 Å². The molecular weight excluding hydrogens is 875 g/mol. The number of aliphatic hydroxyl groups is 6. The monoisotopic (exact) mass is 927 g/mol. The number of ether oxygens (including phenoxy) is 3. The number of carbonyl (C=O) groups excluding carboxylic acids is 1. The molecule has 1 aliphatic carbocycles. The minimum atomic E-state index is -3.32. The lowest BCUT2D eigenvalue weighted by Gasteiger charge is -2.47. The molecule has 0 amide bonds. The highest BCUT2D eigenvalue weighted by molar-refractivity contribution is 5.95. The number of hydrogen-bond donors (Lipinski definition) is 9. The van der Waals surface area contributed by atoms with Gasteiger partial charge in [-0.25, -0.2) is 5.06 Å². The molecule has 19 nitrogen and oxygen atoms in total. The van der Waals surface area contributed by atoms with Crippen LogP contribution in [0.1, 0.15) is 55.2 Å². The normalized spacial score (nSPS) is 24.2. The van der Waals surface area contributed by atoms with Crippen molar-refractivity contribution in [2.45, 2.75) is 101 Å². The molecule has 4 aliphatic rings.